The van der Waals surface area contributed by atoms with E-state index in [4.69, 9.17) is 9.84 Å². The summed E-state index contributed by atoms with van der Waals surface area (Å²) in [6, 6.07) is 0. The zero-order valence-corrected chi connectivity index (χ0v) is 8.37. The highest BCUT2D eigenvalue weighted by molar-refractivity contribution is 5.78. The summed E-state index contributed by atoms with van der Waals surface area (Å²) in [6.45, 7) is 3.65. The normalized spacial score (nSPS) is 18.4. The monoisotopic (exact) mass is 202 g/mol. The Balaban J connectivity index is 2.16. The highest BCUT2D eigenvalue weighted by Crippen LogP contribution is 1.96. The summed E-state index contributed by atoms with van der Waals surface area (Å²) in [6.07, 6.45) is 0.992. The van der Waals surface area contributed by atoms with Gasteiger partial charge in [-0.3, -0.25) is 4.79 Å². The summed E-state index contributed by atoms with van der Waals surface area (Å²) in [5, 5.41) is 11.5. The fourth-order valence-corrected chi connectivity index (χ4v) is 1.40. The highest BCUT2D eigenvalue weighted by Gasteiger charge is 2.15. The van der Waals surface area contributed by atoms with Crippen molar-refractivity contribution >= 4 is 5.91 Å². The predicted molar refractivity (Wildman–Crippen MR) is 52.0 cm³/mol. The SMILES string of the molecule is O=C1CNCCCN1CCOCCO. The number of aliphatic hydroxyl groups excluding tert-OH is 1. The second kappa shape index (κ2) is 6.75. The molecule has 0 radical (unpaired) electrons. The van der Waals surface area contributed by atoms with Crippen molar-refractivity contribution in [1.29, 1.82) is 0 Å². The lowest BCUT2D eigenvalue weighted by molar-refractivity contribution is -0.130. The molecule has 0 unspecified atom stereocenters. The molecule has 0 saturated carbocycles. The van der Waals surface area contributed by atoms with Crippen molar-refractivity contribution in [3.8, 4) is 0 Å². The number of hydrogen-bond acceptors (Lipinski definition) is 4. The first-order valence-corrected chi connectivity index (χ1v) is 5.01. The molecule has 1 amide bonds. The minimum absolute atomic E-state index is 0.0372. The summed E-state index contributed by atoms with van der Waals surface area (Å²) < 4.78 is 5.11. The molecule has 5 heteroatoms. The van der Waals surface area contributed by atoms with Gasteiger partial charge in [0.25, 0.3) is 0 Å². The number of nitrogens with one attached hydrogen (secondary N) is 1. The van der Waals surface area contributed by atoms with Crippen molar-refractivity contribution in [1.82, 2.24) is 10.2 Å². The molecule has 14 heavy (non-hydrogen) atoms. The number of rotatable bonds is 5. The second-order valence-corrected chi connectivity index (χ2v) is 3.25. The van der Waals surface area contributed by atoms with Gasteiger partial charge >= 0.3 is 0 Å². The average Bonchev–Trinajstić information content (AvgIpc) is 2.39. The average molecular weight is 202 g/mol. The summed E-state index contributed by atoms with van der Waals surface area (Å²) in [7, 11) is 0. The second-order valence-electron chi connectivity index (χ2n) is 3.25. The number of carbonyl (C=O) groups excluding carboxylic acids is 1. The molecule has 82 valence electrons. The number of amides is 1. The first-order chi connectivity index (χ1) is 6.84. The molecule has 1 heterocycles. The first-order valence-electron chi connectivity index (χ1n) is 5.01. The fourth-order valence-electron chi connectivity index (χ4n) is 1.40. The minimum Gasteiger partial charge on any atom is -0.394 e. The molecule has 0 aliphatic carbocycles. The molecule has 1 rings (SSSR count). The molecular formula is C9H18N2O3. The summed E-state index contributed by atoms with van der Waals surface area (Å²) >= 11 is 0. The van der Waals surface area contributed by atoms with E-state index < -0.39 is 0 Å². The molecule has 5 nitrogen and oxygen atoms in total. The number of aliphatic hydroxyl groups is 1. The summed E-state index contributed by atoms with van der Waals surface area (Å²) in [5.74, 6) is 0.134. The van der Waals surface area contributed by atoms with Gasteiger partial charge in [0.05, 0.1) is 26.4 Å². The van der Waals surface area contributed by atoms with Gasteiger partial charge in [0, 0.05) is 13.1 Å². The van der Waals surface area contributed by atoms with Crippen LogP contribution in [-0.2, 0) is 9.53 Å². The zero-order valence-electron chi connectivity index (χ0n) is 8.37. The van der Waals surface area contributed by atoms with Gasteiger partial charge in [-0.1, -0.05) is 0 Å². The summed E-state index contributed by atoms with van der Waals surface area (Å²) in [5.41, 5.74) is 0. The van der Waals surface area contributed by atoms with Gasteiger partial charge in [-0.25, -0.2) is 0 Å². The van der Waals surface area contributed by atoms with Gasteiger partial charge in [0.2, 0.25) is 5.91 Å². The van der Waals surface area contributed by atoms with Crippen LogP contribution in [-0.4, -0.2) is 61.9 Å². The molecule has 0 spiro atoms. The van der Waals surface area contributed by atoms with Crippen molar-refractivity contribution in [2.75, 3.05) is 46.0 Å². The molecule has 0 aromatic rings. The van der Waals surface area contributed by atoms with Crippen LogP contribution in [0.3, 0.4) is 0 Å². The van der Waals surface area contributed by atoms with Gasteiger partial charge in [-0.05, 0) is 13.0 Å². The topological polar surface area (TPSA) is 61.8 Å². The van der Waals surface area contributed by atoms with Gasteiger partial charge in [-0.15, -0.1) is 0 Å². The van der Waals surface area contributed by atoms with Gasteiger partial charge < -0.3 is 20.1 Å². The van der Waals surface area contributed by atoms with Crippen LogP contribution in [0.5, 0.6) is 0 Å². The van der Waals surface area contributed by atoms with Crippen LogP contribution in [0.15, 0.2) is 0 Å². The molecule has 2 N–H and O–H groups in total. The van der Waals surface area contributed by atoms with Crippen LogP contribution in [0, 0.1) is 0 Å². The molecule has 0 atom stereocenters. The van der Waals surface area contributed by atoms with Crippen molar-refractivity contribution < 1.29 is 14.6 Å². The van der Waals surface area contributed by atoms with Crippen molar-refractivity contribution in [3.63, 3.8) is 0 Å². The lowest BCUT2D eigenvalue weighted by Crippen LogP contribution is -2.37. The Morgan fingerprint density at radius 3 is 3.14 bits per heavy atom. The minimum atomic E-state index is 0.0372. The van der Waals surface area contributed by atoms with E-state index in [1.54, 1.807) is 4.90 Å². The Bertz CT molecular complexity index is 175. The van der Waals surface area contributed by atoms with Crippen LogP contribution in [0.25, 0.3) is 0 Å². The van der Waals surface area contributed by atoms with Crippen LogP contribution in [0.2, 0.25) is 0 Å². The van der Waals surface area contributed by atoms with E-state index in [9.17, 15) is 4.79 Å². The maximum atomic E-state index is 11.4. The maximum Gasteiger partial charge on any atom is 0.236 e. The Labute approximate surface area is 84.0 Å². The molecular weight excluding hydrogens is 184 g/mol. The number of nitrogens with zero attached hydrogens (tertiary/aromatic N) is 1. The van der Waals surface area contributed by atoms with Crippen LogP contribution in [0.4, 0.5) is 0 Å². The van der Waals surface area contributed by atoms with E-state index >= 15 is 0 Å². The number of ether oxygens (including phenoxy) is 1. The zero-order chi connectivity index (χ0) is 10.2. The Hall–Kier alpha value is -0.650. The van der Waals surface area contributed by atoms with Gasteiger partial charge in [-0.2, -0.15) is 0 Å². The molecule has 0 aromatic heterocycles. The van der Waals surface area contributed by atoms with Gasteiger partial charge in [0.15, 0.2) is 0 Å². The third kappa shape index (κ3) is 4.04. The molecule has 1 saturated heterocycles. The van der Waals surface area contributed by atoms with Crippen LogP contribution in [0.1, 0.15) is 6.42 Å². The molecule has 1 fully saturated rings. The highest BCUT2D eigenvalue weighted by atomic mass is 16.5. The van der Waals surface area contributed by atoms with Crippen molar-refractivity contribution in [3.05, 3.63) is 0 Å². The van der Waals surface area contributed by atoms with Crippen molar-refractivity contribution in [2.45, 2.75) is 6.42 Å². The van der Waals surface area contributed by atoms with E-state index in [2.05, 4.69) is 5.32 Å². The van der Waals surface area contributed by atoms with E-state index in [0.717, 1.165) is 19.5 Å². The smallest absolute Gasteiger partial charge is 0.236 e. The molecule has 0 bridgehead atoms. The lowest BCUT2D eigenvalue weighted by atomic mass is 10.4. The predicted octanol–water partition coefficient (Wildman–Crippen LogP) is -1.18. The maximum absolute atomic E-state index is 11.4. The van der Waals surface area contributed by atoms with E-state index in [1.165, 1.54) is 0 Å². The van der Waals surface area contributed by atoms with E-state index in [1.807, 2.05) is 0 Å². The van der Waals surface area contributed by atoms with Crippen LogP contribution < -0.4 is 5.32 Å². The molecule has 1 aliphatic rings. The third-order valence-electron chi connectivity index (χ3n) is 2.15. The Morgan fingerprint density at radius 2 is 2.36 bits per heavy atom. The Kier molecular flexibility index (Phi) is 5.51. The lowest BCUT2D eigenvalue weighted by Gasteiger charge is -2.19. The first kappa shape index (κ1) is 11.4. The van der Waals surface area contributed by atoms with Crippen LogP contribution >= 0.6 is 0 Å². The fraction of sp³-hybridized carbons (Fsp3) is 0.889. The largest absolute Gasteiger partial charge is 0.394 e. The number of hydrogen-bond donors (Lipinski definition) is 2. The van der Waals surface area contributed by atoms with E-state index in [0.29, 0.717) is 26.3 Å². The third-order valence-corrected chi connectivity index (χ3v) is 2.15. The quantitative estimate of drug-likeness (QED) is 0.551. The van der Waals surface area contributed by atoms with Crippen molar-refractivity contribution in [2.24, 2.45) is 0 Å². The van der Waals surface area contributed by atoms with Gasteiger partial charge in [0.1, 0.15) is 0 Å². The van der Waals surface area contributed by atoms with E-state index in [-0.39, 0.29) is 12.5 Å². The molecule has 0 aromatic carbocycles. The number of carbonyl (C=O) groups is 1. The molecule has 1 aliphatic heterocycles. The summed E-state index contributed by atoms with van der Waals surface area (Å²) in [4.78, 5) is 13.2. The standard InChI is InChI=1S/C9H18N2O3/c12-5-7-14-6-4-11-3-1-2-10-8-9(11)13/h10,12H,1-8H2. The Morgan fingerprint density at radius 1 is 1.50 bits per heavy atom.